The van der Waals surface area contributed by atoms with Crippen LogP contribution in [-0.2, 0) is 14.8 Å². The molecule has 1 aliphatic heterocycles. The van der Waals surface area contributed by atoms with Crippen molar-refractivity contribution in [2.24, 2.45) is 0 Å². The lowest BCUT2D eigenvalue weighted by Gasteiger charge is -2.40. The molecule has 0 aliphatic carbocycles. The van der Waals surface area contributed by atoms with E-state index in [1.165, 1.54) is 6.92 Å². The molecular weight excluding hydrogens is 316 g/mol. The Morgan fingerprint density at radius 3 is 2.62 bits per heavy atom. The minimum absolute atomic E-state index is 0.126. The maximum atomic E-state index is 12.0. The third-order valence-corrected chi connectivity index (χ3v) is 4.15. The molecule has 1 heterocycles. The number of hydrogen-bond acceptors (Lipinski definition) is 4. The molecule has 0 radical (unpaired) electrons. The molecule has 1 aromatic carbocycles. The molecule has 0 spiro atoms. The van der Waals surface area contributed by atoms with E-state index in [4.69, 9.17) is 16.3 Å². The van der Waals surface area contributed by atoms with Gasteiger partial charge in [0.05, 0.1) is 30.4 Å². The first kappa shape index (κ1) is 16.1. The number of ether oxygens (including phenoxy) is 1. The van der Waals surface area contributed by atoms with Crippen molar-refractivity contribution in [3.63, 3.8) is 0 Å². The molecule has 116 valence electrons. The SMILES string of the molecule is CC(NS(C)(=O)=O)C(=O)N1CC(Oc2ccccc2Cl)C1. The molecular formula is C13H17ClN2O4S. The van der Waals surface area contributed by atoms with E-state index in [1.54, 1.807) is 17.0 Å². The first-order chi connectivity index (χ1) is 9.76. The Bertz CT molecular complexity index is 629. The summed E-state index contributed by atoms with van der Waals surface area (Å²) in [5, 5.41) is 0.523. The van der Waals surface area contributed by atoms with Crippen molar-refractivity contribution in [1.82, 2.24) is 9.62 Å². The van der Waals surface area contributed by atoms with Crippen LogP contribution in [0.5, 0.6) is 5.75 Å². The second-order valence-corrected chi connectivity index (χ2v) is 7.21. The third kappa shape index (κ3) is 4.33. The molecule has 1 aliphatic rings. The highest BCUT2D eigenvalue weighted by Crippen LogP contribution is 2.26. The Balaban J connectivity index is 1.84. The van der Waals surface area contributed by atoms with Crippen LogP contribution in [0.3, 0.4) is 0 Å². The van der Waals surface area contributed by atoms with Gasteiger partial charge in [0.25, 0.3) is 0 Å². The summed E-state index contributed by atoms with van der Waals surface area (Å²) < 4.78 is 30.1. The van der Waals surface area contributed by atoms with Crippen LogP contribution in [0.25, 0.3) is 0 Å². The van der Waals surface area contributed by atoms with Gasteiger partial charge in [0.2, 0.25) is 15.9 Å². The van der Waals surface area contributed by atoms with Crippen LogP contribution >= 0.6 is 11.6 Å². The number of rotatable bonds is 5. The van der Waals surface area contributed by atoms with Crippen LogP contribution in [0, 0.1) is 0 Å². The summed E-state index contributed by atoms with van der Waals surface area (Å²) in [7, 11) is -3.40. The number of nitrogens with one attached hydrogen (secondary N) is 1. The van der Waals surface area contributed by atoms with Gasteiger partial charge >= 0.3 is 0 Å². The molecule has 0 saturated carbocycles. The van der Waals surface area contributed by atoms with Crippen LogP contribution in [-0.4, -0.2) is 50.7 Å². The second kappa shape index (κ2) is 6.21. The van der Waals surface area contributed by atoms with E-state index < -0.39 is 16.1 Å². The Kier molecular flexibility index (Phi) is 4.75. The van der Waals surface area contributed by atoms with Gasteiger partial charge in [-0.2, -0.15) is 0 Å². The fraction of sp³-hybridized carbons (Fsp3) is 0.462. The molecule has 0 bridgehead atoms. The maximum Gasteiger partial charge on any atom is 0.240 e. The van der Waals surface area contributed by atoms with Crippen LogP contribution in [0.15, 0.2) is 24.3 Å². The molecule has 1 unspecified atom stereocenters. The molecule has 1 amide bonds. The van der Waals surface area contributed by atoms with Gasteiger partial charge < -0.3 is 9.64 Å². The summed E-state index contributed by atoms with van der Waals surface area (Å²) in [6.45, 7) is 2.35. The highest BCUT2D eigenvalue weighted by Gasteiger charge is 2.35. The number of nitrogens with zero attached hydrogens (tertiary/aromatic N) is 1. The lowest BCUT2D eigenvalue weighted by Crippen LogP contribution is -2.60. The molecule has 6 nitrogen and oxygen atoms in total. The van der Waals surface area contributed by atoms with Crippen LogP contribution in [0.1, 0.15) is 6.92 Å². The zero-order valence-electron chi connectivity index (χ0n) is 11.7. The van der Waals surface area contributed by atoms with Crippen molar-refractivity contribution in [3.8, 4) is 5.75 Å². The number of carbonyl (C=O) groups is 1. The van der Waals surface area contributed by atoms with Crippen molar-refractivity contribution in [2.45, 2.75) is 19.1 Å². The molecule has 8 heteroatoms. The van der Waals surface area contributed by atoms with Gasteiger partial charge in [0.1, 0.15) is 11.9 Å². The number of para-hydroxylation sites is 1. The van der Waals surface area contributed by atoms with Gasteiger partial charge in [-0.15, -0.1) is 0 Å². The van der Waals surface area contributed by atoms with E-state index >= 15 is 0 Å². The van der Waals surface area contributed by atoms with Crippen LogP contribution < -0.4 is 9.46 Å². The van der Waals surface area contributed by atoms with Crippen molar-refractivity contribution in [2.75, 3.05) is 19.3 Å². The van der Waals surface area contributed by atoms with Gasteiger partial charge in [-0.25, -0.2) is 13.1 Å². The first-order valence-electron chi connectivity index (χ1n) is 6.43. The normalized spacial score (nSPS) is 17.2. The van der Waals surface area contributed by atoms with Crippen molar-refractivity contribution in [3.05, 3.63) is 29.3 Å². The van der Waals surface area contributed by atoms with Gasteiger partial charge in [-0.3, -0.25) is 4.79 Å². The number of hydrogen-bond donors (Lipinski definition) is 1. The summed E-state index contributed by atoms with van der Waals surface area (Å²) >= 11 is 5.99. The predicted octanol–water partition coefficient (Wildman–Crippen LogP) is 0.867. The average molecular weight is 333 g/mol. The van der Waals surface area contributed by atoms with Gasteiger partial charge in [-0.1, -0.05) is 23.7 Å². The zero-order valence-corrected chi connectivity index (χ0v) is 13.3. The van der Waals surface area contributed by atoms with Gasteiger partial charge in [0, 0.05) is 0 Å². The number of benzene rings is 1. The highest BCUT2D eigenvalue weighted by molar-refractivity contribution is 7.88. The van der Waals surface area contributed by atoms with E-state index in [0.29, 0.717) is 23.9 Å². The van der Waals surface area contributed by atoms with Crippen LogP contribution in [0.4, 0.5) is 0 Å². The lowest BCUT2D eigenvalue weighted by atomic mass is 10.1. The summed E-state index contributed by atoms with van der Waals surface area (Å²) in [6.07, 6.45) is 0.898. The third-order valence-electron chi connectivity index (χ3n) is 3.05. The minimum Gasteiger partial charge on any atom is -0.485 e. The molecule has 1 aromatic rings. The fourth-order valence-corrected chi connectivity index (χ4v) is 2.98. The zero-order chi connectivity index (χ0) is 15.6. The van der Waals surface area contributed by atoms with Crippen LogP contribution in [0.2, 0.25) is 5.02 Å². The van der Waals surface area contributed by atoms with E-state index in [9.17, 15) is 13.2 Å². The first-order valence-corrected chi connectivity index (χ1v) is 8.70. The molecule has 2 rings (SSSR count). The van der Waals surface area contributed by atoms with E-state index in [0.717, 1.165) is 6.26 Å². The summed E-state index contributed by atoms with van der Waals surface area (Å²) in [6, 6.07) is 6.35. The standard InChI is InChI=1S/C13H17ClN2O4S/c1-9(15-21(2,18)19)13(17)16-7-10(8-16)20-12-6-4-3-5-11(12)14/h3-6,9-10,15H,7-8H2,1-2H3. The molecule has 21 heavy (non-hydrogen) atoms. The number of halogens is 1. The summed E-state index contributed by atoms with van der Waals surface area (Å²) in [5.74, 6) is 0.318. The molecule has 1 N–H and O–H groups in total. The van der Waals surface area contributed by atoms with Crippen molar-refractivity contribution in [1.29, 1.82) is 0 Å². The van der Waals surface area contributed by atoms with Crippen molar-refractivity contribution < 1.29 is 17.9 Å². The molecule has 1 saturated heterocycles. The number of sulfonamides is 1. The molecule has 0 aromatic heterocycles. The predicted molar refractivity (Wildman–Crippen MR) is 79.9 cm³/mol. The molecule has 1 atom stereocenters. The second-order valence-electron chi connectivity index (χ2n) is 5.03. The summed E-state index contributed by atoms with van der Waals surface area (Å²) in [5.41, 5.74) is 0. The van der Waals surface area contributed by atoms with E-state index in [1.807, 2.05) is 12.1 Å². The topological polar surface area (TPSA) is 75.7 Å². The fourth-order valence-electron chi connectivity index (χ4n) is 2.06. The highest BCUT2D eigenvalue weighted by atomic mass is 35.5. The van der Waals surface area contributed by atoms with Crippen molar-refractivity contribution >= 4 is 27.5 Å². The minimum atomic E-state index is -3.40. The Morgan fingerprint density at radius 1 is 1.43 bits per heavy atom. The molecule has 1 fully saturated rings. The maximum absolute atomic E-state index is 12.0. The number of likely N-dealkylation sites (tertiary alicyclic amines) is 1. The Morgan fingerprint density at radius 2 is 2.05 bits per heavy atom. The Hall–Kier alpha value is -1.31. The van der Waals surface area contributed by atoms with Gasteiger partial charge in [-0.05, 0) is 19.1 Å². The average Bonchev–Trinajstić information content (AvgIpc) is 2.32. The smallest absolute Gasteiger partial charge is 0.240 e. The van der Waals surface area contributed by atoms with Gasteiger partial charge in [0.15, 0.2) is 0 Å². The largest absolute Gasteiger partial charge is 0.485 e. The van der Waals surface area contributed by atoms with E-state index in [-0.39, 0.29) is 12.0 Å². The Labute approximate surface area is 129 Å². The lowest BCUT2D eigenvalue weighted by molar-refractivity contribution is -0.141. The summed E-state index contributed by atoms with van der Waals surface area (Å²) in [4.78, 5) is 13.5. The quantitative estimate of drug-likeness (QED) is 0.868. The van der Waals surface area contributed by atoms with E-state index in [2.05, 4.69) is 4.72 Å². The number of amides is 1. The number of carbonyl (C=O) groups excluding carboxylic acids is 1. The monoisotopic (exact) mass is 332 g/mol.